The van der Waals surface area contributed by atoms with E-state index in [2.05, 4.69) is 39.4 Å². The van der Waals surface area contributed by atoms with Gasteiger partial charge in [0, 0.05) is 73.7 Å². The Labute approximate surface area is 277 Å². The Morgan fingerprint density at radius 3 is 2.40 bits per heavy atom. The number of hydrogen-bond acceptors (Lipinski definition) is 7. The van der Waals surface area contributed by atoms with Gasteiger partial charge in [0.2, 0.25) is 0 Å². The molecule has 0 atom stereocenters. The van der Waals surface area contributed by atoms with Crippen LogP contribution in [0.3, 0.4) is 0 Å². The molecule has 0 bridgehead atoms. The van der Waals surface area contributed by atoms with Gasteiger partial charge >= 0.3 is 0 Å². The van der Waals surface area contributed by atoms with Gasteiger partial charge in [-0.1, -0.05) is 61.4 Å². The number of hydrogen-bond donors (Lipinski definition) is 1. The Balaban J connectivity index is 0.792. The molecule has 2 aliphatic rings. The standard InChI is InChI=1S/C40H46N4O3/c45-37-29-38(30-12-4-3-5-13-30)47-39-28-31(18-19-34(37)39)46-27-11-2-1-10-21-43-23-25-44(26-24-43)22-20-41-40-32-14-6-8-16-35(32)42-36-17-9-7-15-33(36)40/h3-6,8,12-14,16,18-19,28-29H,1-2,7,9-11,15,17,20-27H2,(H,41,42). The Hall–Kier alpha value is -4.20. The van der Waals surface area contributed by atoms with E-state index in [0.717, 1.165) is 81.8 Å². The molecule has 3 aromatic carbocycles. The van der Waals surface area contributed by atoms with Crippen molar-refractivity contribution in [2.75, 3.05) is 57.7 Å². The molecule has 1 aliphatic heterocycles. The van der Waals surface area contributed by atoms with Crippen LogP contribution >= 0.6 is 0 Å². The van der Waals surface area contributed by atoms with Crippen molar-refractivity contribution in [1.29, 1.82) is 0 Å². The van der Waals surface area contributed by atoms with E-state index in [-0.39, 0.29) is 5.43 Å². The van der Waals surface area contributed by atoms with E-state index < -0.39 is 0 Å². The van der Waals surface area contributed by atoms with Gasteiger partial charge in [0.1, 0.15) is 17.1 Å². The fourth-order valence-corrected chi connectivity index (χ4v) is 7.10. The monoisotopic (exact) mass is 630 g/mol. The number of aryl methyl sites for hydroxylation is 1. The summed E-state index contributed by atoms with van der Waals surface area (Å²) in [4.78, 5) is 22.9. The van der Waals surface area contributed by atoms with Crippen molar-refractivity contribution in [3.63, 3.8) is 0 Å². The molecule has 0 saturated carbocycles. The molecule has 5 aromatic rings. The maximum absolute atomic E-state index is 12.6. The van der Waals surface area contributed by atoms with E-state index in [1.165, 1.54) is 54.6 Å². The third-order valence-electron chi connectivity index (χ3n) is 9.76. The van der Waals surface area contributed by atoms with E-state index in [4.69, 9.17) is 14.1 Å². The van der Waals surface area contributed by atoms with E-state index in [0.29, 0.717) is 23.3 Å². The molecule has 1 aliphatic carbocycles. The summed E-state index contributed by atoms with van der Waals surface area (Å²) < 4.78 is 12.1. The van der Waals surface area contributed by atoms with Crippen LogP contribution in [0.4, 0.5) is 5.69 Å². The molecule has 7 rings (SSSR count). The van der Waals surface area contributed by atoms with Crippen molar-refractivity contribution < 1.29 is 9.15 Å². The number of nitrogens with zero attached hydrogens (tertiary/aromatic N) is 3. The molecule has 0 spiro atoms. The molecule has 7 heteroatoms. The summed E-state index contributed by atoms with van der Waals surface area (Å²) in [5.74, 6) is 1.32. The summed E-state index contributed by atoms with van der Waals surface area (Å²) in [6.07, 6.45) is 9.37. The third-order valence-corrected chi connectivity index (χ3v) is 9.76. The number of para-hydroxylation sites is 1. The summed E-state index contributed by atoms with van der Waals surface area (Å²) in [6, 6.07) is 25.4. The van der Waals surface area contributed by atoms with Gasteiger partial charge in [-0.3, -0.25) is 14.7 Å². The zero-order valence-electron chi connectivity index (χ0n) is 27.4. The maximum atomic E-state index is 12.6. The normalized spacial score (nSPS) is 15.6. The Kier molecular flexibility index (Phi) is 10.1. The first-order valence-corrected chi connectivity index (χ1v) is 17.6. The SMILES string of the molecule is O=c1cc(-c2ccccc2)oc2cc(OCCCCCCN3CCN(CCNc4c5c(nc6ccccc46)CCCC5)CC3)ccc12. The van der Waals surface area contributed by atoms with Crippen molar-refractivity contribution in [2.24, 2.45) is 0 Å². The van der Waals surface area contributed by atoms with Gasteiger partial charge in [0.15, 0.2) is 5.43 Å². The average Bonchev–Trinajstić information content (AvgIpc) is 3.11. The first-order chi connectivity index (χ1) is 23.2. The molecule has 0 radical (unpaired) electrons. The third kappa shape index (κ3) is 7.69. The van der Waals surface area contributed by atoms with Crippen molar-refractivity contribution in [1.82, 2.24) is 14.8 Å². The number of ether oxygens (including phenoxy) is 1. The predicted molar refractivity (Wildman–Crippen MR) is 192 cm³/mol. The van der Waals surface area contributed by atoms with Crippen LogP contribution in [-0.4, -0.2) is 67.2 Å². The molecule has 2 aromatic heterocycles. The van der Waals surface area contributed by atoms with Gasteiger partial charge in [-0.05, 0) is 68.8 Å². The van der Waals surface area contributed by atoms with Crippen molar-refractivity contribution >= 4 is 27.6 Å². The fraction of sp³-hybridized carbons (Fsp3) is 0.400. The second-order valence-corrected chi connectivity index (χ2v) is 13.0. The summed E-state index contributed by atoms with van der Waals surface area (Å²) in [5, 5.41) is 5.68. The Morgan fingerprint density at radius 1 is 0.766 bits per heavy atom. The quantitative estimate of drug-likeness (QED) is 0.135. The van der Waals surface area contributed by atoms with Crippen molar-refractivity contribution in [2.45, 2.75) is 51.4 Å². The highest BCUT2D eigenvalue weighted by Gasteiger charge is 2.19. The van der Waals surface area contributed by atoms with Crippen LogP contribution in [0.25, 0.3) is 33.2 Å². The van der Waals surface area contributed by atoms with Crippen LogP contribution in [0, 0.1) is 0 Å². The number of piperazine rings is 1. The minimum absolute atomic E-state index is 0.0390. The lowest BCUT2D eigenvalue weighted by molar-refractivity contribution is 0.134. The Bertz CT molecular complexity index is 1850. The molecule has 1 fully saturated rings. The molecule has 7 nitrogen and oxygen atoms in total. The Morgan fingerprint density at radius 2 is 1.53 bits per heavy atom. The molecule has 0 amide bonds. The van der Waals surface area contributed by atoms with E-state index in [9.17, 15) is 4.79 Å². The number of rotatable bonds is 13. The number of benzene rings is 3. The molecule has 244 valence electrons. The number of nitrogens with one attached hydrogen (secondary N) is 1. The topological polar surface area (TPSA) is 70.8 Å². The van der Waals surface area contributed by atoms with Gasteiger partial charge in [0.05, 0.1) is 17.5 Å². The maximum Gasteiger partial charge on any atom is 0.193 e. The lowest BCUT2D eigenvalue weighted by atomic mass is 9.92. The zero-order valence-corrected chi connectivity index (χ0v) is 27.4. The van der Waals surface area contributed by atoms with Crippen LogP contribution in [0.15, 0.2) is 88.1 Å². The second-order valence-electron chi connectivity index (χ2n) is 13.0. The first kappa shape index (κ1) is 31.4. The molecule has 0 unspecified atom stereocenters. The van der Waals surface area contributed by atoms with Gasteiger partial charge in [0.25, 0.3) is 0 Å². The molecule has 1 saturated heterocycles. The van der Waals surface area contributed by atoms with Gasteiger partial charge in [-0.15, -0.1) is 0 Å². The zero-order chi connectivity index (χ0) is 31.8. The average molecular weight is 631 g/mol. The summed E-state index contributed by atoms with van der Waals surface area (Å²) in [5.41, 5.74) is 6.62. The van der Waals surface area contributed by atoms with Crippen molar-refractivity contribution in [3.05, 3.63) is 100 Å². The number of unbranched alkanes of at least 4 members (excludes halogenated alkanes) is 3. The summed E-state index contributed by atoms with van der Waals surface area (Å²) >= 11 is 0. The molecular formula is C40H46N4O3. The first-order valence-electron chi connectivity index (χ1n) is 17.6. The van der Waals surface area contributed by atoms with Gasteiger partial charge in [-0.25, -0.2) is 0 Å². The smallest absolute Gasteiger partial charge is 0.193 e. The lowest BCUT2D eigenvalue weighted by Crippen LogP contribution is -2.47. The van der Waals surface area contributed by atoms with Gasteiger partial charge in [-0.2, -0.15) is 0 Å². The summed E-state index contributed by atoms with van der Waals surface area (Å²) in [7, 11) is 0. The van der Waals surface area contributed by atoms with Crippen LogP contribution in [0.2, 0.25) is 0 Å². The largest absolute Gasteiger partial charge is 0.493 e. The predicted octanol–water partition coefficient (Wildman–Crippen LogP) is 7.56. The van der Waals surface area contributed by atoms with Crippen LogP contribution in [0.5, 0.6) is 5.75 Å². The minimum atomic E-state index is -0.0390. The highest BCUT2D eigenvalue weighted by molar-refractivity contribution is 5.93. The van der Waals surface area contributed by atoms with Crippen LogP contribution in [-0.2, 0) is 12.8 Å². The molecule has 3 heterocycles. The highest BCUT2D eigenvalue weighted by atomic mass is 16.5. The van der Waals surface area contributed by atoms with Crippen molar-refractivity contribution in [3.8, 4) is 17.1 Å². The lowest BCUT2D eigenvalue weighted by Gasteiger charge is -2.35. The molecule has 1 N–H and O–H groups in total. The van der Waals surface area contributed by atoms with E-state index >= 15 is 0 Å². The number of aromatic nitrogens is 1. The fourth-order valence-electron chi connectivity index (χ4n) is 7.10. The van der Waals surface area contributed by atoms with Crippen LogP contribution < -0.4 is 15.5 Å². The van der Waals surface area contributed by atoms with E-state index in [1.807, 2.05) is 42.5 Å². The second kappa shape index (κ2) is 15.1. The number of pyridine rings is 1. The number of anilines is 1. The summed E-state index contributed by atoms with van der Waals surface area (Å²) in [6.45, 7) is 8.49. The highest BCUT2D eigenvalue weighted by Crippen LogP contribution is 2.33. The minimum Gasteiger partial charge on any atom is -0.493 e. The van der Waals surface area contributed by atoms with Crippen LogP contribution in [0.1, 0.15) is 49.8 Å². The molecule has 47 heavy (non-hydrogen) atoms. The van der Waals surface area contributed by atoms with Gasteiger partial charge < -0.3 is 19.4 Å². The van der Waals surface area contributed by atoms with E-state index in [1.54, 1.807) is 12.1 Å². The molecular weight excluding hydrogens is 584 g/mol. The number of fused-ring (bicyclic) bond motifs is 3.